The van der Waals surface area contributed by atoms with Crippen molar-refractivity contribution in [2.24, 2.45) is 5.92 Å². The number of fused-ring (bicyclic) bond motifs is 1. The van der Waals surface area contributed by atoms with Crippen molar-refractivity contribution in [3.8, 4) is 5.75 Å². The minimum Gasteiger partial charge on any atom is -0.496 e. The van der Waals surface area contributed by atoms with Crippen LogP contribution >= 0.6 is 11.6 Å². The van der Waals surface area contributed by atoms with Gasteiger partial charge < -0.3 is 24.4 Å². The second-order valence-electron chi connectivity index (χ2n) is 8.86. The number of hydrogen-bond acceptors (Lipinski definition) is 6. The van der Waals surface area contributed by atoms with Crippen molar-refractivity contribution in [1.29, 1.82) is 0 Å². The molecule has 3 aromatic rings. The second kappa shape index (κ2) is 11.7. The highest BCUT2D eigenvalue weighted by atomic mass is 35.5. The summed E-state index contributed by atoms with van der Waals surface area (Å²) in [5, 5.41) is 11.4. The molecule has 186 valence electrons. The lowest BCUT2D eigenvalue weighted by Crippen LogP contribution is -2.39. The fourth-order valence-corrected chi connectivity index (χ4v) is 4.79. The monoisotopic (exact) mass is 497 g/mol. The summed E-state index contributed by atoms with van der Waals surface area (Å²) in [6.45, 7) is 2.91. The number of hydrogen-bond donors (Lipinski definition) is 1. The van der Waals surface area contributed by atoms with E-state index in [1.165, 1.54) is 0 Å². The van der Waals surface area contributed by atoms with Gasteiger partial charge in [-0.2, -0.15) is 0 Å². The summed E-state index contributed by atoms with van der Waals surface area (Å²) < 4.78 is 10.8. The summed E-state index contributed by atoms with van der Waals surface area (Å²) >= 11 is 6.26. The Morgan fingerprint density at radius 1 is 1.23 bits per heavy atom. The number of rotatable bonds is 9. The summed E-state index contributed by atoms with van der Waals surface area (Å²) in [5.41, 5.74) is 2.26. The minimum absolute atomic E-state index is 0.131. The molecule has 1 aliphatic rings. The van der Waals surface area contributed by atoms with Crippen molar-refractivity contribution in [3.05, 3.63) is 64.7 Å². The largest absolute Gasteiger partial charge is 0.496 e. The number of benzene rings is 2. The zero-order valence-electron chi connectivity index (χ0n) is 20.2. The van der Waals surface area contributed by atoms with Crippen molar-refractivity contribution in [2.75, 3.05) is 52.0 Å². The van der Waals surface area contributed by atoms with E-state index in [-0.39, 0.29) is 18.4 Å². The first-order valence-electron chi connectivity index (χ1n) is 11.9. The van der Waals surface area contributed by atoms with Crippen LogP contribution in [-0.2, 0) is 11.3 Å². The zero-order valence-corrected chi connectivity index (χ0v) is 21.0. The molecule has 2 heterocycles. The van der Waals surface area contributed by atoms with Gasteiger partial charge in [0.15, 0.2) is 0 Å². The van der Waals surface area contributed by atoms with Crippen LogP contribution < -0.4 is 9.64 Å². The summed E-state index contributed by atoms with van der Waals surface area (Å²) in [7, 11) is 3.19. The highest BCUT2D eigenvalue weighted by Crippen LogP contribution is 2.31. The van der Waals surface area contributed by atoms with E-state index in [9.17, 15) is 9.90 Å². The molecule has 0 spiro atoms. The number of amides is 1. The van der Waals surface area contributed by atoms with Crippen molar-refractivity contribution in [1.82, 2.24) is 9.88 Å². The van der Waals surface area contributed by atoms with Crippen molar-refractivity contribution in [3.63, 3.8) is 0 Å². The topological polar surface area (TPSA) is 75.1 Å². The van der Waals surface area contributed by atoms with Gasteiger partial charge in [0.2, 0.25) is 0 Å². The molecular weight excluding hydrogens is 466 g/mol. The van der Waals surface area contributed by atoms with Crippen LogP contribution in [0.25, 0.3) is 10.9 Å². The molecule has 1 amide bonds. The number of para-hydroxylation sites is 1. The molecule has 8 heteroatoms. The molecule has 0 aliphatic carbocycles. The molecule has 1 aliphatic heterocycles. The SMILES string of the molecule is COCCN(Cc1cc2ccc(Cl)cc2nc1N1CCCC(CO)C1)C(=O)c1ccccc1OC. The number of pyridine rings is 1. The van der Waals surface area contributed by atoms with Crippen LogP contribution in [0.4, 0.5) is 5.82 Å². The van der Waals surface area contributed by atoms with Crippen molar-refractivity contribution < 1.29 is 19.4 Å². The number of carbonyl (C=O) groups is 1. The molecule has 4 rings (SSSR count). The molecule has 1 atom stereocenters. The zero-order chi connectivity index (χ0) is 24.8. The van der Waals surface area contributed by atoms with Crippen LogP contribution in [-0.4, -0.2) is 68.0 Å². The van der Waals surface area contributed by atoms with Crippen molar-refractivity contribution in [2.45, 2.75) is 19.4 Å². The fourth-order valence-electron chi connectivity index (χ4n) is 4.62. The molecule has 35 heavy (non-hydrogen) atoms. The Balaban J connectivity index is 1.74. The number of ether oxygens (including phenoxy) is 2. The van der Waals surface area contributed by atoms with E-state index < -0.39 is 0 Å². The Labute approximate surface area is 211 Å². The van der Waals surface area contributed by atoms with E-state index in [0.29, 0.717) is 36.0 Å². The minimum atomic E-state index is -0.131. The molecule has 1 saturated heterocycles. The molecule has 1 unspecified atom stereocenters. The van der Waals surface area contributed by atoms with E-state index in [2.05, 4.69) is 11.0 Å². The molecule has 2 aromatic carbocycles. The average Bonchev–Trinajstić information content (AvgIpc) is 2.90. The quantitative estimate of drug-likeness (QED) is 0.472. The molecule has 7 nitrogen and oxygen atoms in total. The number of carbonyl (C=O) groups excluding carboxylic acids is 1. The molecule has 1 fully saturated rings. The van der Waals surface area contributed by atoms with Gasteiger partial charge in [0.25, 0.3) is 5.91 Å². The molecular formula is C27H32ClN3O4. The number of halogens is 1. The van der Waals surface area contributed by atoms with Gasteiger partial charge in [-0.25, -0.2) is 4.98 Å². The van der Waals surface area contributed by atoms with Crippen LogP contribution in [0.15, 0.2) is 48.5 Å². The van der Waals surface area contributed by atoms with Gasteiger partial charge in [-0.1, -0.05) is 29.8 Å². The molecule has 0 bridgehead atoms. The number of anilines is 1. The van der Waals surface area contributed by atoms with Gasteiger partial charge in [-0.3, -0.25) is 4.79 Å². The maximum atomic E-state index is 13.6. The maximum Gasteiger partial charge on any atom is 0.257 e. The lowest BCUT2D eigenvalue weighted by Gasteiger charge is -2.35. The second-order valence-corrected chi connectivity index (χ2v) is 9.30. The maximum absolute atomic E-state index is 13.6. The van der Waals surface area contributed by atoms with E-state index in [1.54, 1.807) is 31.3 Å². The third-order valence-corrected chi connectivity index (χ3v) is 6.70. The van der Waals surface area contributed by atoms with Gasteiger partial charge in [-0.05, 0) is 49.1 Å². The Hall–Kier alpha value is -2.87. The Morgan fingerprint density at radius 2 is 2.06 bits per heavy atom. The van der Waals surface area contributed by atoms with Crippen LogP contribution in [0.1, 0.15) is 28.8 Å². The van der Waals surface area contributed by atoms with E-state index in [4.69, 9.17) is 26.1 Å². The number of piperidine rings is 1. The average molecular weight is 498 g/mol. The van der Waals surface area contributed by atoms with E-state index in [1.807, 2.05) is 30.3 Å². The number of aliphatic hydroxyl groups is 1. The van der Waals surface area contributed by atoms with E-state index >= 15 is 0 Å². The Bertz CT molecular complexity index is 1170. The molecule has 0 saturated carbocycles. The smallest absolute Gasteiger partial charge is 0.257 e. The molecule has 0 radical (unpaired) electrons. The Morgan fingerprint density at radius 3 is 2.83 bits per heavy atom. The fraction of sp³-hybridized carbons (Fsp3) is 0.407. The highest BCUT2D eigenvalue weighted by molar-refractivity contribution is 6.31. The van der Waals surface area contributed by atoms with Gasteiger partial charge >= 0.3 is 0 Å². The van der Waals surface area contributed by atoms with Crippen LogP contribution in [0, 0.1) is 5.92 Å². The van der Waals surface area contributed by atoms with Gasteiger partial charge in [0.05, 0.1) is 24.8 Å². The number of aromatic nitrogens is 1. The van der Waals surface area contributed by atoms with Crippen LogP contribution in [0.5, 0.6) is 5.75 Å². The highest BCUT2D eigenvalue weighted by Gasteiger charge is 2.26. The van der Waals surface area contributed by atoms with Crippen LogP contribution in [0.2, 0.25) is 5.02 Å². The lowest BCUT2D eigenvalue weighted by molar-refractivity contribution is 0.0677. The first kappa shape index (κ1) is 25.2. The van der Waals surface area contributed by atoms with Gasteiger partial charge in [0.1, 0.15) is 11.6 Å². The number of aliphatic hydroxyl groups excluding tert-OH is 1. The summed E-state index contributed by atoms with van der Waals surface area (Å²) in [6.07, 6.45) is 1.97. The summed E-state index contributed by atoms with van der Waals surface area (Å²) in [5.74, 6) is 1.43. The lowest BCUT2D eigenvalue weighted by atomic mass is 9.98. The predicted molar refractivity (Wildman–Crippen MR) is 138 cm³/mol. The van der Waals surface area contributed by atoms with E-state index in [0.717, 1.165) is 48.2 Å². The predicted octanol–water partition coefficient (Wildman–Crippen LogP) is 4.39. The molecule has 1 aromatic heterocycles. The van der Waals surface area contributed by atoms with Crippen molar-refractivity contribution >= 4 is 34.2 Å². The summed E-state index contributed by atoms with van der Waals surface area (Å²) in [6, 6.07) is 15.0. The number of nitrogens with zero attached hydrogens (tertiary/aromatic N) is 3. The Kier molecular flexibility index (Phi) is 8.44. The number of methoxy groups -OCH3 is 2. The van der Waals surface area contributed by atoms with Gasteiger partial charge in [0, 0.05) is 55.9 Å². The third-order valence-electron chi connectivity index (χ3n) is 6.46. The standard InChI is InChI=1S/C27H32ClN3O4/c1-34-13-12-31(27(33)23-7-3-4-8-25(23)35-2)17-21-14-20-9-10-22(28)15-24(20)29-26(21)30-11-5-6-19(16-30)18-32/h3-4,7-10,14-15,19,32H,5-6,11-13,16-18H2,1-2H3. The third kappa shape index (κ3) is 5.86. The normalized spacial score (nSPS) is 15.9. The summed E-state index contributed by atoms with van der Waals surface area (Å²) in [4.78, 5) is 22.6. The molecule has 1 N–H and O–H groups in total. The first-order chi connectivity index (χ1) is 17.0. The van der Waals surface area contributed by atoms with Gasteiger partial charge in [-0.15, -0.1) is 0 Å². The first-order valence-corrected chi connectivity index (χ1v) is 12.3. The van der Waals surface area contributed by atoms with Crippen LogP contribution in [0.3, 0.4) is 0 Å².